The summed E-state index contributed by atoms with van der Waals surface area (Å²) >= 11 is 0. The number of nitrogens with zero attached hydrogens (tertiary/aromatic N) is 4. The zero-order valence-electron chi connectivity index (χ0n) is 31.6. The van der Waals surface area contributed by atoms with Crippen LogP contribution in [-0.2, 0) is 20.8 Å². The van der Waals surface area contributed by atoms with Crippen LogP contribution in [0.15, 0.2) is 67.1 Å². The number of carbonyl (C=O) groups is 4. The smallest absolute Gasteiger partial charge is 0.417 e. The molecule has 4 amide bonds. The molecule has 51 heavy (non-hydrogen) atoms. The van der Waals surface area contributed by atoms with E-state index in [4.69, 9.17) is 14.2 Å². The van der Waals surface area contributed by atoms with E-state index < -0.39 is 35.1 Å². The van der Waals surface area contributed by atoms with E-state index in [1.807, 2.05) is 49.2 Å². The van der Waals surface area contributed by atoms with Gasteiger partial charge in [-0.25, -0.2) is 19.7 Å². The first-order valence-corrected chi connectivity index (χ1v) is 17.1. The van der Waals surface area contributed by atoms with Crippen LogP contribution in [0.2, 0.25) is 0 Å². The first kappa shape index (κ1) is 40.4. The molecular weight excluding hydrogens is 650 g/mol. The number of anilines is 1. The van der Waals surface area contributed by atoms with E-state index in [2.05, 4.69) is 41.2 Å². The fourth-order valence-corrected chi connectivity index (χ4v) is 5.14. The van der Waals surface area contributed by atoms with Crippen LogP contribution in [0.25, 0.3) is 0 Å². The first-order valence-electron chi connectivity index (χ1n) is 17.1. The number of benzene rings is 1. The van der Waals surface area contributed by atoms with Gasteiger partial charge in [0.1, 0.15) is 16.8 Å². The highest BCUT2D eigenvalue weighted by molar-refractivity contribution is 5.96. The second kappa shape index (κ2) is 17.3. The monoisotopic (exact) mass is 703 g/mol. The average molecular weight is 704 g/mol. The van der Waals surface area contributed by atoms with Crippen molar-refractivity contribution in [3.05, 3.63) is 89.5 Å². The van der Waals surface area contributed by atoms with Gasteiger partial charge in [0.05, 0.1) is 29.7 Å². The molecule has 2 aromatic heterocycles. The number of nitrogens with one attached hydrogen (secondary N) is 1. The highest BCUT2D eigenvalue weighted by atomic mass is 16.6. The summed E-state index contributed by atoms with van der Waals surface area (Å²) in [5.41, 5.74) is 2.33. The number of piperidine rings is 1. The number of rotatable bonds is 5. The molecule has 1 saturated heterocycles. The Kier molecular flexibility index (Phi) is 13.7. The topological polar surface area (TPSA) is 140 Å². The van der Waals surface area contributed by atoms with Crippen LogP contribution in [-0.4, -0.2) is 68.9 Å². The Hall–Kier alpha value is -5.00. The standard InChI is InChI=1S/C29H34N4O3.C10H19NO4/c1-21-8-7-9-23(16-21)22-11-14-32(15-12-22)27(34)24-17-26(19-30-18-24)33(28(35)36-29(2,3)4)20-25-10-5-6-13-31-25;1-9(2,3)14-7(12)11-8(13)15-10(4,5)6/h5-10,13,16-19,22H,11-12,14-15,20H2,1-4H3;1-6H3,(H,11,12,13). The minimum atomic E-state index is -0.809. The summed E-state index contributed by atoms with van der Waals surface area (Å²) in [5.74, 6) is 0.383. The number of pyridine rings is 2. The fraction of sp³-hybridized carbons (Fsp3) is 0.487. The third-order valence-electron chi connectivity index (χ3n) is 7.24. The number of imide groups is 1. The number of aromatic nitrogens is 2. The van der Waals surface area contributed by atoms with Gasteiger partial charge in [0.25, 0.3) is 5.91 Å². The maximum Gasteiger partial charge on any atom is 0.417 e. The number of aryl methyl sites for hydroxylation is 1. The Labute approximate surface area is 301 Å². The molecule has 0 unspecified atom stereocenters. The molecule has 12 nitrogen and oxygen atoms in total. The molecular formula is C39H53N5O7. The molecule has 12 heteroatoms. The SMILES string of the molecule is CC(C)(C)OC(=O)NC(=O)OC(C)(C)C.Cc1cccc(C2CCN(C(=O)c3cncc(N(Cc4ccccn4)C(=O)OC(C)(C)C)c3)CC2)c1. The van der Waals surface area contributed by atoms with Gasteiger partial charge in [-0.15, -0.1) is 0 Å². The van der Waals surface area contributed by atoms with Crippen molar-refractivity contribution in [3.8, 4) is 0 Å². The molecule has 276 valence electrons. The Balaban J connectivity index is 0.000000396. The van der Waals surface area contributed by atoms with E-state index >= 15 is 0 Å². The van der Waals surface area contributed by atoms with E-state index in [-0.39, 0.29) is 12.5 Å². The predicted octanol–water partition coefficient (Wildman–Crippen LogP) is 8.19. The second-order valence-corrected chi connectivity index (χ2v) is 15.4. The molecule has 0 bridgehead atoms. The van der Waals surface area contributed by atoms with Gasteiger partial charge >= 0.3 is 18.3 Å². The van der Waals surface area contributed by atoms with Crippen molar-refractivity contribution in [1.29, 1.82) is 0 Å². The summed E-state index contributed by atoms with van der Waals surface area (Å²) in [6.45, 7) is 19.4. The lowest BCUT2D eigenvalue weighted by Gasteiger charge is -2.32. The van der Waals surface area contributed by atoms with Crippen LogP contribution in [0.1, 0.15) is 108 Å². The summed E-state index contributed by atoms with van der Waals surface area (Å²) < 4.78 is 15.4. The van der Waals surface area contributed by atoms with Gasteiger partial charge in [0.2, 0.25) is 0 Å². The van der Waals surface area contributed by atoms with Crippen LogP contribution in [0.3, 0.4) is 0 Å². The van der Waals surface area contributed by atoms with Crippen LogP contribution in [0.5, 0.6) is 0 Å². The lowest BCUT2D eigenvalue weighted by molar-refractivity contribution is 0.0352. The molecule has 1 N–H and O–H groups in total. The van der Waals surface area contributed by atoms with Gasteiger partial charge in [0, 0.05) is 25.5 Å². The number of hydrogen-bond acceptors (Lipinski definition) is 9. The molecule has 1 fully saturated rings. The van der Waals surface area contributed by atoms with Gasteiger partial charge in [0.15, 0.2) is 0 Å². The highest BCUT2D eigenvalue weighted by Gasteiger charge is 2.28. The number of ether oxygens (including phenoxy) is 3. The Morgan fingerprint density at radius 3 is 1.94 bits per heavy atom. The molecule has 3 aromatic rings. The molecule has 1 aromatic carbocycles. The van der Waals surface area contributed by atoms with Gasteiger partial charge in [-0.3, -0.25) is 19.7 Å². The lowest BCUT2D eigenvalue weighted by atomic mass is 9.88. The van der Waals surface area contributed by atoms with Crippen molar-refractivity contribution < 1.29 is 33.4 Å². The summed E-state index contributed by atoms with van der Waals surface area (Å²) in [4.78, 5) is 60.7. The van der Waals surface area contributed by atoms with Gasteiger partial charge in [-0.05, 0) is 112 Å². The molecule has 1 aliphatic heterocycles. The highest BCUT2D eigenvalue weighted by Crippen LogP contribution is 2.30. The summed E-state index contributed by atoms with van der Waals surface area (Å²) in [6, 6.07) is 15.9. The van der Waals surface area contributed by atoms with Crippen molar-refractivity contribution in [1.82, 2.24) is 20.2 Å². The molecule has 0 atom stereocenters. The van der Waals surface area contributed by atoms with Crippen molar-refractivity contribution >= 4 is 29.9 Å². The van der Waals surface area contributed by atoms with Crippen LogP contribution in [0, 0.1) is 6.92 Å². The van der Waals surface area contributed by atoms with Crippen LogP contribution >= 0.6 is 0 Å². The minimum Gasteiger partial charge on any atom is -0.443 e. The van der Waals surface area contributed by atoms with Crippen LogP contribution in [0.4, 0.5) is 20.1 Å². The summed E-state index contributed by atoms with van der Waals surface area (Å²) in [5, 5.41) is 1.97. The molecule has 4 rings (SSSR count). The third kappa shape index (κ3) is 14.4. The van der Waals surface area contributed by atoms with Crippen molar-refractivity contribution in [3.63, 3.8) is 0 Å². The maximum absolute atomic E-state index is 13.4. The molecule has 1 aliphatic rings. The summed E-state index contributed by atoms with van der Waals surface area (Å²) in [6.07, 6.45) is 4.53. The van der Waals surface area contributed by atoms with E-state index in [0.29, 0.717) is 36.0 Å². The van der Waals surface area contributed by atoms with Gasteiger partial charge in [-0.1, -0.05) is 35.9 Å². The Bertz CT molecular complexity index is 1610. The van der Waals surface area contributed by atoms with E-state index in [9.17, 15) is 19.2 Å². The quantitative estimate of drug-likeness (QED) is 0.261. The van der Waals surface area contributed by atoms with Crippen molar-refractivity contribution in [2.24, 2.45) is 0 Å². The van der Waals surface area contributed by atoms with E-state index in [1.54, 1.807) is 66.2 Å². The summed E-state index contributed by atoms with van der Waals surface area (Å²) in [7, 11) is 0. The van der Waals surface area contributed by atoms with E-state index in [1.165, 1.54) is 16.0 Å². The van der Waals surface area contributed by atoms with Gasteiger partial charge < -0.3 is 19.1 Å². The minimum absolute atomic E-state index is 0.0750. The number of amides is 4. The van der Waals surface area contributed by atoms with Crippen molar-refractivity contribution in [2.45, 2.75) is 111 Å². The molecule has 0 aliphatic carbocycles. The first-order chi connectivity index (χ1) is 23.7. The van der Waals surface area contributed by atoms with E-state index in [0.717, 1.165) is 12.8 Å². The largest absolute Gasteiger partial charge is 0.443 e. The third-order valence-corrected chi connectivity index (χ3v) is 7.24. The van der Waals surface area contributed by atoms with Crippen LogP contribution < -0.4 is 10.2 Å². The average Bonchev–Trinajstić information content (AvgIpc) is 3.01. The number of hydrogen-bond donors (Lipinski definition) is 1. The zero-order valence-corrected chi connectivity index (χ0v) is 31.6. The zero-order chi connectivity index (χ0) is 38.0. The molecule has 0 spiro atoms. The fourth-order valence-electron chi connectivity index (χ4n) is 5.14. The second-order valence-electron chi connectivity index (χ2n) is 15.4. The Morgan fingerprint density at radius 1 is 0.804 bits per heavy atom. The maximum atomic E-state index is 13.4. The number of likely N-dealkylation sites (tertiary alicyclic amines) is 1. The number of alkyl carbamates (subject to hydrolysis) is 2. The normalized spacial score (nSPS) is 13.6. The number of carbonyl (C=O) groups excluding carboxylic acids is 4. The molecule has 0 saturated carbocycles. The lowest BCUT2D eigenvalue weighted by Crippen LogP contribution is -2.39. The van der Waals surface area contributed by atoms with Gasteiger partial charge in [-0.2, -0.15) is 0 Å². The molecule has 3 heterocycles. The predicted molar refractivity (Wildman–Crippen MR) is 196 cm³/mol. The van der Waals surface area contributed by atoms with Crippen molar-refractivity contribution in [2.75, 3.05) is 18.0 Å². The molecule has 0 radical (unpaired) electrons. The Morgan fingerprint density at radius 2 is 1.41 bits per heavy atom.